The van der Waals surface area contributed by atoms with E-state index in [2.05, 4.69) is 17.0 Å². The molecule has 0 aromatic rings. The maximum Gasteiger partial charge on any atom is 0.411 e. The molecule has 2 nitrogen and oxygen atoms in total. The Hall–Kier alpha value is -0.290. The summed E-state index contributed by atoms with van der Waals surface area (Å²) in [4.78, 5) is 0. The van der Waals surface area contributed by atoms with Gasteiger partial charge >= 0.3 is 6.18 Å². The number of rotatable bonds is 8. The zero-order valence-corrected chi connectivity index (χ0v) is 9.36. The van der Waals surface area contributed by atoms with Crippen LogP contribution >= 0.6 is 0 Å². The summed E-state index contributed by atoms with van der Waals surface area (Å²) in [5.41, 5.74) is 0. The molecule has 1 unspecified atom stereocenters. The molecule has 1 atom stereocenters. The van der Waals surface area contributed by atoms with E-state index in [1.54, 1.807) is 0 Å². The first kappa shape index (κ1) is 14.7. The minimum Gasteiger partial charge on any atom is -0.372 e. The Balaban J connectivity index is 3.23. The van der Waals surface area contributed by atoms with E-state index in [0.717, 1.165) is 19.4 Å². The number of halogens is 3. The average Bonchev–Trinajstić information content (AvgIpc) is 2.12. The first-order valence-corrected chi connectivity index (χ1v) is 5.25. The van der Waals surface area contributed by atoms with Crippen LogP contribution in [0.5, 0.6) is 0 Å². The smallest absolute Gasteiger partial charge is 0.372 e. The van der Waals surface area contributed by atoms with Crippen molar-refractivity contribution in [3.05, 3.63) is 0 Å². The van der Waals surface area contributed by atoms with Crippen LogP contribution in [0.1, 0.15) is 26.2 Å². The summed E-state index contributed by atoms with van der Waals surface area (Å²) in [6.07, 6.45) is -1.53. The van der Waals surface area contributed by atoms with Gasteiger partial charge in [-0.3, -0.25) is 0 Å². The quantitative estimate of drug-likeness (QED) is 0.643. The molecule has 92 valence electrons. The predicted molar refractivity (Wildman–Crippen MR) is 53.8 cm³/mol. The van der Waals surface area contributed by atoms with Crippen molar-refractivity contribution in [2.24, 2.45) is 5.92 Å². The Kier molecular flexibility index (Phi) is 7.78. The van der Waals surface area contributed by atoms with Gasteiger partial charge in [0.2, 0.25) is 0 Å². The van der Waals surface area contributed by atoms with Crippen LogP contribution in [-0.2, 0) is 4.74 Å². The van der Waals surface area contributed by atoms with Crippen LogP contribution in [0.4, 0.5) is 13.2 Å². The molecule has 0 spiro atoms. The van der Waals surface area contributed by atoms with E-state index in [4.69, 9.17) is 0 Å². The molecule has 0 aromatic carbocycles. The van der Waals surface area contributed by atoms with Gasteiger partial charge in [0.15, 0.2) is 0 Å². The van der Waals surface area contributed by atoms with Crippen LogP contribution in [0, 0.1) is 5.92 Å². The Morgan fingerprint density at radius 3 is 2.47 bits per heavy atom. The summed E-state index contributed by atoms with van der Waals surface area (Å²) in [6.45, 7) is 2.12. The number of nitrogens with one attached hydrogen (secondary N) is 1. The van der Waals surface area contributed by atoms with Gasteiger partial charge in [-0.05, 0) is 38.8 Å². The zero-order chi connectivity index (χ0) is 11.7. The van der Waals surface area contributed by atoms with Crippen molar-refractivity contribution in [3.63, 3.8) is 0 Å². The van der Waals surface area contributed by atoms with Crippen LogP contribution in [0.2, 0.25) is 0 Å². The molecule has 0 aliphatic rings. The Morgan fingerprint density at radius 2 is 1.93 bits per heavy atom. The molecule has 0 bridgehead atoms. The third kappa shape index (κ3) is 11.6. The molecule has 0 amide bonds. The average molecular weight is 227 g/mol. The van der Waals surface area contributed by atoms with Gasteiger partial charge < -0.3 is 10.1 Å². The highest BCUT2D eigenvalue weighted by molar-refractivity contribution is 4.55. The lowest BCUT2D eigenvalue weighted by Gasteiger charge is -2.11. The molecule has 0 aliphatic carbocycles. The van der Waals surface area contributed by atoms with Crippen molar-refractivity contribution < 1.29 is 17.9 Å². The van der Waals surface area contributed by atoms with Crippen LogP contribution < -0.4 is 5.32 Å². The molecule has 0 rings (SSSR count). The summed E-state index contributed by atoms with van der Waals surface area (Å²) >= 11 is 0. The molecule has 0 aromatic heterocycles. The largest absolute Gasteiger partial charge is 0.411 e. The van der Waals surface area contributed by atoms with Crippen molar-refractivity contribution in [1.29, 1.82) is 0 Å². The van der Waals surface area contributed by atoms with Gasteiger partial charge in [-0.2, -0.15) is 13.2 Å². The maximum atomic E-state index is 11.7. The van der Waals surface area contributed by atoms with Crippen LogP contribution in [0.15, 0.2) is 0 Å². The van der Waals surface area contributed by atoms with Gasteiger partial charge in [0, 0.05) is 6.61 Å². The Morgan fingerprint density at radius 1 is 1.27 bits per heavy atom. The molecular weight excluding hydrogens is 207 g/mol. The second-order valence-corrected chi connectivity index (χ2v) is 3.81. The maximum absolute atomic E-state index is 11.7. The normalized spacial score (nSPS) is 14.2. The van der Waals surface area contributed by atoms with Gasteiger partial charge in [-0.1, -0.05) is 6.92 Å². The molecular formula is C10H20F3NO. The van der Waals surface area contributed by atoms with E-state index in [1.807, 2.05) is 7.05 Å². The van der Waals surface area contributed by atoms with Crippen molar-refractivity contribution in [2.45, 2.75) is 32.4 Å². The summed E-state index contributed by atoms with van der Waals surface area (Å²) in [6, 6.07) is 0. The highest BCUT2D eigenvalue weighted by atomic mass is 19.4. The number of ether oxygens (including phenoxy) is 1. The molecule has 0 fully saturated rings. The highest BCUT2D eigenvalue weighted by Gasteiger charge is 2.27. The molecule has 0 saturated carbocycles. The first-order chi connectivity index (χ1) is 6.95. The second kappa shape index (κ2) is 7.93. The zero-order valence-electron chi connectivity index (χ0n) is 9.36. The van der Waals surface area contributed by atoms with Crippen molar-refractivity contribution in [2.75, 3.05) is 26.8 Å². The standard InChI is InChI=1S/C10H20F3NO/c1-9(5-6-14-2)4-3-7-15-8-10(11,12)13/h9,14H,3-8H2,1-2H3. The van der Waals surface area contributed by atoms with Gasteiger partial charge in [-0.15, -0.1) is 0 Å². The van der Waals surface area contributed by atoms with E-state index >= 15 is 0 Å². The van der Waals surface area contributed by atoms with Crippen LogP contribution in [-0.4, -0.2) is 33.0 Å². The summed E-state index contributed by atoms with van der Waals surface area (Å²) in [5.74, 6) is 0.534. The number of alkyl halides is 3. The van der Waals surface area contributed by atoms with E-state index in [-0.39, 0.29) is 6.61 Å². The number of hydrogen-bond donors (Lipinski definition) is 1. The van der Waals surface area contributed by atoms with E-state index in [0.29, 0.717) is 12.3 Å². The molecule has 0 aliphatic heterocycles. The van der Waals surface area contributed by atoms with Crippen molar-refractivity contribution in [1.82, 2.24) is 5.32 Å². The van der Waals surface area contributed by atoms with Crippen molar-refractivity contribution in [3.8, 4) is 0 Å². The van der Waals surface area contributed by atoms with Gasteiger partial charge in [0.25, 0.3) is 0 Å². The monoisotopic (exact) mass is 227 g/mol. The van der Waals surface area contributed by atoms with Crippen LogP contribution in [0.3, 0.4) is 0 Å². The highest BCUT2D eigenvalue weighted by Crippen LogP contribution is 2.15. The fourth-order valence-corrected chi connectivity index (χ4v) is 1.26. The molecule has 0 saturated heterocycles. The van der Waals surface area contributed by atoms with Gasteiger partial charge in [0.05, 0.1) is 0 Å². The van der Waals surface area contributed by atoms with Crippen molar-refractivity contribution >= 4 is 0 Å². The predicted octanol–water partition coefficient (Wildman–Crippen LogP) is 2.59. The summed E-state index contributed by atoms with van der Waals surface area (Å²) < 4.78 is 39.5. The third-order valence-electron chi connectivity index (χ3n) is 2.14. The van der Waals surface area contributed by atoms with E-state index in [9.17, 15) is 13.2 Å². The van der Waals surface area contributed by atoms with E-state index in [1.165, 1.54) is 0 Å². The molecule has 15 heavy (non-hydrogen) atoms. The lowest BCUT2D eigenvalue weighted by molar-refractivity contribution is -0.174. The number of hydrogen-bond acceptors (Lipinski definition) is 2. The first-order valence-electron chi connectivity index (χ1n) is 5.25. The fraction of sp³-hybridized carbons (Fsp3) is 1.00. The molecule has 0 radical (unpaired) electrons. The fourth-order valence-electron chi connectivity index (χ4n) is 1.26. The summed E-state index contributed by atoms with van der Waals surface area (Å²) in [7, 11) is 1.89. The summed E-state index contributed by atoms with van der Waals surface area (Å²) in [5, 5.41) is 3.04. The van der Waals surface area contributed by atoms with Gasteiger partial charge in [0.1, 0.15) is 6.61 Å². The third-order valence-corrected chi connectivity index (χ3v) is 2.14. The molecule has 1 N–H and O–H groups in total. The molecule has 5 heteroatoms. The Labute approximate surface area is 89.2 Å². The van der Waals surface area contributed by atoms with E-state index < -0.39 is 12.8 Å². The Bertz CT molecular complexity index is 150. The topological polar surface area (TPSA) is 21.3 Å². The minimum absolute atomic E-state index is 0.198. The second-order valence-electron chi connectivity index (χ2n) is 3.81. The minimum atomic E-state index is -4.20. The SMILES string of the molecule is CNCCC(C)CCCOCC(F)(F)F. The van der Waals surface area contributed by atoms with Gasteiger partial charge in [-0.25, -0.2) is 0 Å². The van der Waals surface area contributed by atoms with Crippen LogP contribution in [0.25, 0.3) is 0 Å². The lowest BCUT2D eigenvalue weighted by Crippen LogP contribution is -2.17. The molecule has 0 heterocycles. The lowest BCUT2D eigenvalue weighted by atomic mass is 10.0.